The minimum absolute atomic E-state index is 0. The normalized spacial score (nSPS) is 10.8. The van der Waals surface area contributed by atoms with Crippen molar-refractivity contribution < 1.29 is 83.6 Å². The molecule has 0 aliphatic heterocycles. The Hall–Kier alpha value is 3.15. The van der Waals surface area contributed by atoms with Crippen molar-refractivity contribution in [1.29, 1.82) is 0 Å². The third kappa shape index (κ3) is 135. The van der Waals surface area contributed by atoms with Gasteiger partial charge in [-0.05, 0) is 0 Å². The molecule has 0 rings (SSSR count). The first-order valence-electron chi connectivity index (χ1n) is 7.79. The molecule has 25 heteroatoms. The van der Waals surface area contributed by atoms with E-state index < -0.39 is 49.9 Å². The standard InChI is InChI=1S/C3H4Cl4.C3H3Cl2F3.C3H4F4.C3H3F3.C2H4.CCl4.Cl2.FH.Na.H2O/c4-2-1-3(5,6)7;4-1-2(5)3(6,7)8;4-2-1-3(5,6)7;1-2-3(4,5)6;1-2;2-1(3,4)5;1-2;;;/h1-2H2;2H,1H2;1-2H2;2H,1H2;1-2H2;;;1H;;1H2/q;;;;;;;;+1;/p-1. The molecular formula is C15H20Cl12F11NaO. The van der Waals surface area contributed by atoms with Crippen molar-refractivity contribution >= 4 is 138 Å². The van der Waals surface area contributed by atoms with Crippen LogP contribution in [0, 0.1) is 0 Å². The molecule has 0 bridgehead atoms. The zero-order valence-corrected chi connectivity index (χ0v) is 30.6. The Labute approximate surface area is 306 Å². The maximum absolute atomic E-state index is 11.2. The summed E-state index contributed by atoms with van der Waals surface area (Å²) in [6.45, 7) is 7.19. The summed E-state index contributed by atoms with van der Waals surface area (Å²) >= 11 is 49.8. The molecule has 40 heavy (non-hydrogen) atoms. The van der Waals surface area contributed by atoms with Crippen molar-refractivity contribution in [2.75, 3.05) is 18.4 Å². The van der Waals surface area contributed by atoms with E-state index in [1.165, 1.54) is 0 Å². The van der Waals surface area contributed by atoms with Crippen LogP contribution in [0.1, 0.15) is 12.8 Å². The maximum atomic E-state index is 11.2. The van der Waals surface area contributed by atoms with E-state index in [2.05, 4.69) is 53.0 Å². The van der Waals surface area contributed by atoms with Crippen molar-refractivity contribution in [1.82, 2.24) is 0 Å². The van der Waals surface area contributed by atoms with Gasteiger partial charge in [-0.2, -0.15) is 39.5 Å². The molecule has 0 spiro atoms. The van der Waals surface area contributed by atoms with Crippen LogP contribution in [-0.4, -0.2) is 54.9 Å². The van der Waals surface area contributed by atoms with E-state index in [1.807, 2.05) is 0 Å². The Kier molecular flexibility index (Phi) is 70.1. The average molecular weight is 874 g/mol. The van der Waals surface area contributed by atoms with Crippen molar-refractivity contribution in [3.63, 3.8) is 0 Å². The van der Waals surface area contributed by atoms with Gasteiger partial charge in [0.1, 0.15) is 5.38 Å². The molecule has 0 saturated heterocycles. The summed E-state index contributed by atoms with van der Waals surface area (Å²) in [5.74, 6) is -0.207. The van der Waals surface area contributed by atoms with Gasteiger partial charge in [-0.15, -0.1) is 48.0 Å². The summed E-state index contributed by atoms with van der Waals surface area (Å²) in [7, 11) is 8.22. The summed E-state index contributed by atoms with van der Waals surface area (Å²) in [5.41, 5.74) is 0. The molecule has 0 amide bonds. The molecule has 0 fully saturated rings. The third-order valence-corrected chi connectivity index (χ3v) is 3.10. The summed E-state index contributed by atoms with van der Waals surface area (Å²) in [6.07, 6.45) is -13.9. The van der Waals surface area contributed by atoms with Crippen LogP contribution in [0.4, 0.5) is 48.6 Å². The van der Waals surface area contributed by atoms with Gasteiger partial charge in [-0.1, -0.05) is 87.8 Å². The smallest absolute Gasteiger partial charge is 0.870 e. The van der Waals surface area contributed by atoms with Crippen LogP contribution >= 0.6 is 138 Å². The summed E-state index contributed by atoms with van der Waals surface area (Å²) in [4.78, 5) is 0. The van der Waals surface area contributed by atoms with Gasteiger partial charge >= 0.3 is 48.1 Å². The molecule has 0 aliphatic rings. The number of rotatable bonds is 3. The average Bonchev–Trinajstić information content (AvgIpc) is 2.67. The maximum Gasteiger partial charge on any atom is 1.00 e. The molecule has 0 radical (unpaired) electrons. The number of hydrogen-bond acceptors (Lipinski definition) is 1. The van der Waals surface area contributed by atoms with E-state index in [9.17, 15) is 43.9 Å². The predicted octanol–water partition coefficient (Wildman–Crippen LogP) is 10.7. The van der Waals surface area contributed by atoms with Crippen molar-refractivity contribution in [3.8, 4) is 0 Å². The molecular weight excluding hydrogens is 854 g/mol. The molecule has 1 nitrogen and oxygen atoms in total. The SMILES string of the molecule is C=C.C=CC(F)(F)F.ClC(Cl)(Cl)Cl.ClCCC(Cl)(Cl)Cl.ClCl.F.FC(F)(F)C(Cl)CCl.FCCC(F)(F)F.[Na+].[OH-]. The number of alkyl halides is 20. The molecule has 0 aliphatic carbocycles. The van der Waals surface area contributed by atoms with Gasteiger partial charge in [0.2, 0.25) is 0 Å². The largest absolute Gasteiger partial charge is 1.00 e. The van der Waals surface area contributed by atoms with E-state index >= 15 is 0 Å². The topological polar surface area (TPSA) is 30.0 Å². The molecule has 248 valence electrons. The van der Waals surface area contributed by atoms with E-state index in [0.29, 0.717) is 12.3 Å². The van der Waals surface area contributed by atoms with Gasteiger partial charge in [0, 0.05) is 46.0 Å². The van der Waals surface area contributed by atoms with Crippen LogP contribution in [0.3, 0.4) is 0 Å². The van der Waals surface area contributed by atoms with Crippen LogP contribution in [0.2, 0.25) is 0 Å². The summed E-state index contributed by atoms with van der Waals surface area (Å²) in [6, 6.07) is 0. The summed E-state index contributed by atoms with van der Waals surface area (Å²) < 4.78 is 106. The van der Waals surface area contributed by atoms with Crippen LogP contribution in [0.5, 0.6) is 0 Å². The number of halogens is 23. The second kappa shape index (κ2) is 40.2. The van der Waals surface area contributed by atoms with E-state index in [4.69, 9.17) is 104 Å². The fourth-order valence-electron chi connectivity index (χ4n) is 0.302. The second-order valence-electron chi connectivity index (χ2n) is 4.45. The third-order valence-electron chi connectivity index (χ3n) is 1.48. The summed E-state index contributed by atoms with van der Waals surface area (Å²) in [5, 5.41) is -1.91. The Bertz CT molecular complexity index is 455. The van der Waals surface area contributed by atoms with Crippen LogP contribution in [0.15, 0.2) is 25.8 Å². The fourth-order valence-corrected chi connectivity index (χ4v) is 1.33. The van der Waals surface area contributed by atoms with Crippen LogP contribution in [-0.2, 0) is 0 Å². The van der Waals surface area contributed by atoms with Gasteiger partial charge < -0.3 is 5.48 Å². The molecule has 0 heterocycles. The van der Waals surface area contributed by atoms with Gasteiger partial charge in [-0.3, -0.25) is 9.09 Å². The zero-order valence-electron chi connectivity index (χ0n) is 19.5. The quantitative estimate of drug-likeness (QED) is 0.120. The van der Waals surface area contributed by atoms with Gasteiger partial charge in [0.05, 0.1) is 13.1 Å². The van der Waals surface area contributed by atoms with Gasteiger partial charge in [-0.25, -0.2) is 0 Å². The molecule has 1 unspecified atom stereocenters. The Morgan fingerprint density at radius 1 is 0.725 bits per heavy atom. The first-order chi connectivity index (χ1) is 16.2. The molecule has 0 aromatic heterocycles. The van der Waals surface area contributed by atoms with E-state index in [1.54, 1.807) is 0 Å². The Balaban J connectivity index is -0.0000000336. The van der Waals surface area contributed by atoms with Gasteiger partial charge in [0.15, 0.2) is 3.79 Å². The zero-order chi connectivity index (χ0) is 32.3. The minimum atomic E-state index is -4.36. The predicted molar refractivity (Wildman–Crippen MR) is 148 cm³/mol. The second-order valence-corrected chi connectivity index (χ2v) is 11.6. The molecule has 0 aromatic rings. The first kappa shape index (κ1) is 69.8. The van der Waals surface area contributed by atoms with Crippen molar-refractivity contribution in [3.05, 3.63) is 25.8 Å². The van der Waals surface area contributed by atoms with Crippen LogP contribution < -0.4 is 29.6 Å². The van der Waals surface area contributed by atoms with Crippen LogP contribution in [0.25, 0.3) is 0 Å². The van der Waals surface area contributed by atoms with E-state index in [0.717, 1.165) is 0 Å². The van der Waals surface area contributed by atoms with E-state index in [-0.39, 0.29) is 45.8 Å². The monoisotopic (exact) mass is 868 g/mol. The molecule has 1 N–H and O–H groups in total. The first-order valence-corrected chi connectivity index (χ1v) is 13.1. The number of allylic oxidation sites excluding steroid dienone is 1. The number of hydrogen-bond donors (Lipinski definition) is 0. The van der Waals surface area contributed by atoms with Crippen molar-refractivity contribution in [2.45, 2.75) is 43.8 Å². The fraction of sp³-hybridized carbons (Fsp3) is 0.733. The molecule has 0 aromatic carbocycles. The minimum Gasteiger partial charge on any atom is -0.870 e. The molecule has 0 saturated carbocycles. The Morgan fingerprint density at radius 3 is 0.975 bits per heavy atom. The van der Waals surface area contributed by atoms with Crippen molar-refractivity contribution in [2.24, 2.45) is 0 Å². The molecule has 1 atom stereocenters. The van der Waals surface area contributed by atoms with Gasteiger partial charge in [0.25, 0.3) is 3.25 Å². The Morgan fingerprint density at radius 2 is 0.975 bits per heavy atom.